The van der Waals surface area contributed by atoms with Gasteiger partial charge < -0.3 is 5.32 Å². The van der Waals surface area contributed by atoms with Crippen molar-refractivity contribution >= 4 is 22.9 Å². The van der Waals surface area contributed by atoms with Gasteiger partial charge in [-0.05, 0) is 49.6 Å². The van der Waals surface area contributed by atoms with Crippen LogP contribution in [0.1, 0.15) is 33.8 Å². The number of carbonyl (C=O) groups is 1. The molecule has 0 atom stereocenters. The van der Waals surface area contributed by atoms with Crippen LogP contribution in [0.25, 0.3) is 10.6 Å². The van der Waals surface area contributed by atoms with Crippen LogP contribution in [-0.4, -0.2) is 15.9 Å². The van der Waals surface area contributed by atoms with Crippen LogP contribution >= 0.6 is 11.3 Å². The molecule has 4 rings (SSSR count). The Balaban J connectivity index is 1.52. The van der Waals surface area contributed by atoms with Crippen LogP contribution in [-0.2, 0) is 5.41 Å². The predicted octanol–water partition coefficient (Wildman–Crippen LogP) is 4.32. The second kappa shape index (κ2) is 6.36. The zero-order valence-corrected chi connectivity index (χ0v) is 15.0. The van der Waals surface area contributed by atoms with E-state index >= 15 is 0 Å². The molecule has 1 aromatic carbocycles. The molecule has 3 aromatic rings. The Morgan fingerprint density at radius 1 is 1.27 bits per heavy atom. The molecule has 0 unspecified atom stereocenters. The Labute approximate surface area is 155 Å². The van der Waals surface area contributed by atoms with Gasteiger partial charge in [0.15, 0.2) is 0 Å². The van der Waals surface area contributed by atoms with Crippen molar-refractivity contribution in [2.45, 2.75) is 25.2 Å². The largest absolute Gasteiger partial charge is 0.321 e. The van der Waals surface area contributed by atoms with Crippen molar-refractivity contribution in [1.82, 2.24) is 9.97 Å². The van der Waals surface area contributed by atoms with E-state index in [1.165, 1.54) is 11.3 Å². The molecule has 0 radical (unpaired) electrons. The monoisotopic (exact) mass is 360 g/mol. The first-order valence-corrected chi connectivity index (χ1v) is 9.14. The molecule has 0 aliphatic heterocycles. The minimum Gasteiger partial charge on any atom is -0.321 e. The molecule has 0 saturated heterocycles. The van der Waals surface area contributed by atoms with Gasteiger partial charge in [0.25, 0.3) is 5.91 Å². The van der Waals surface area contributed by atoms with Crippen molar-refractivity contribution in [3.05, 3.63) is 64.9 Å². The van der Waals surface area contributed by atoms with Gasteiger partial charge in [0.1, 0.15) is 9.88 Å². The summed E-state index contributed by atoms with van der Waals surface area (Å²) in [5.41, 5.74) is 3.02. The molecule has 1 N–H and O–H groups in total. The summed E-state index contributed by atoms with van der Waals surface area (Å²) < 4.78 is 0. The number of carbonyl (C=O) groups excluding carboxylic acids is 1. The van der Waals surface area contributed by atoms with E-state index in [4.69, 9.17) is 0 Å². The minimum absolute atomic E-state index is 0.177. The number of benzene rings is 1. The standard InChI is InChI=1S/C20H16N4OS/c1-13-17(26-19(23-13)14-3-2-10-22-11-14)18(25)24-16-6-4-15(5-7-16)20(12-21)8-9-20/h2-7,10-11H,8-9H2,1H3,(H,24,25). The number of aromatic nitrogens is 2. The molecule has 0 bridgehead atoms. The highest BCUT2D eigenvalue weighted by Crippen LogP contribution is 2.47. The number of aryl methyl sites for hydroxylation is 1. The maximum atomic E-state index is 12.6. The Morgan fingerprint density at radius 2 is 2.04 bits per heavy atom. The summed E-state index contributed by atoms with van der Waals surface area (Å²) in [6, 6.07) is 13.7. The van der Waals surface area contributed by atoms with Crippen LogP contribution in [0.3, 0.4) is 0 Å². The number of nitrogens with one attached hydrogen (secondary N) is 1. The predicted molar refractivity (Wildman–Crippen MR) is 101 cm³/mol. The average molecular weight is 360 g/mol. The summed E-state index contributed by atoms with van der Waals surface area (Å²) in [6.45, 7) is 1.83. The molecule has 26 heavy (non-hydrogen) atoms. The number of amides is 1. The fourth-order valence-corrected chi connectivity index (χ4v) is 3.82. The molecule has 1 saturated carbocycles. The molecule has 1 aliphatic carbocycles. The molecule has 1 fully saturated rings. The zero-order valence-electron chi connectivity index (χ0n) is 14.2. The Bertz CT molecular complexity index is 999. The maximum Gasteiger partial charge on any atom is 0.267 e. The Kier molecular flexibility index (Phi) is 4.02. The minimum atomic E-state index is -0.310. The normalized spacial score (nSPS) is 14.5. The number of anilines is 1. The van der Waals surface area contributed by atoms with E-state index in [-0.39, 0.29) is 11.3 Å². The number of nitriles is 1. The van der Waals surface area contributed by atoms with E-state index in [2.05, 4.69) is 21.4 Å². The van der Waals surface area contributed by atoms with Gasteiger partial charge in [-0.3, -0.25) is 9.78 Å². The summed E-state index contributed by atoms with van der Waals surface area (Å²) in [6.07, 6.45) is 5.26. The highest BCUT2D eigenvalue weighted by molar-refractivity contribution is 7.17. The summed E-state index contributed by atoms with van der Waals surface area (Å²) in [4.78, 5) is 21.8. The van der Waals surface area contributed by atoms with Crippen LogP contribution in [0.4, 0.5) is 5.69 Å². The molecular weight excluding hydrogens is 344 g/mol. The summed E-state index contributed by atoms with van der Waals surface area (Å²) in [5.74, 6) is -0.177. The lowest BCUT2D eigenvalue weighted by atomic mass is 9.98. The van der Waals surface area contributed by atoms with E-state index in [1.54, 1.807) is 12.4 Å². The third kappa shape index (κ3) is 2.98. The molecule has 1 amide bonds. The van der Waals surface area contributed by atoms with Crippen LogP contribution < -0.4 is 5.32 Å². The van der Waals surface area contributed by atoms with Gasteiger partial charge in [-0.15, -0.1) is 11.3 Å². The third-order valence-corrected chi connectivity index (χ3v) is 5.78. The van der Waals surface area contributed by atoms with E-state index < -0.39 is 0 Å². The summed E-state index contributed by atoms with van der Waals surface area (Å²) in [7, 11) is 0. The van der Waals surface area contributed by atoms with Gasteiger partial charge in [-0.25, -0.2) is 4.98 Å². The number of rotatable bonds is 4. The number of pyridine rings is 1. The first kappa shape index (κ1) is 16.4. The number of hydrogen-bond donors (Lipinski definition) is 1. The molecule has 128 valence electrons. The molecule has 2 aromatic heterocycles. The summed E-state index contributed by atoms with van der Waals surface area (Å²) in [5, 5.41) is 13.0. The third-order valence-electron chi connectivity index (χ3n) is 4.57. The van der Waals surface area contributed by atoms with Crippen LogP contribution in [0.2, 0.25) is 0 Å². The first-order chi connectivity index (χ1) is 12.6. The first-order valence-electron chi connectivity index (χ1n) is 8.32. The van der Waals surface area contributed by atoms with Crippen molar-refractivity contribution in [2.24, 2.45) is 0 Å². The number of thiazole rings is 1. The van der Waals surface area contributed by atoms with Gasteiger partial charge in [-0.1, -0.05) is 12.1 Å². The van der Waals surface area contributed by atoms with Gasteiger partial charge in [-0.2, -0.15) is 5.26 Å². The van der Waals surface area contributed by atoms with E-state index in [0.717, 1.165) is 29.0 Å². The van der Waals surface area contributed by atoms with Crippen LogP contribution in [0.5, 0.6) is 0 Å². The smallest absolute Gasteiger partial charge is 0.267 e. The van der Waals surface area contributed by atoms with Crippen molar-refractivity contribution in [1.29, 1.82) is 5.26 Å². The Morgan fingerprint density at radius 3 is 2.65 bits per heavy atom. The van der Waals surface area contributed by atoms with E-state index in [1.807, 2.05) is 43.3 Å². The van der Waals surface area contributed by atoms with Crippen molar-refractivity contribution < 1.29 is 4.79 Å². The highest BCUT2D eigenvalue weighted by atomic mass is 32.1. The molecule has 5 nitrogen and oxygen atoms in total. The lowest BCUT2D eigenvalue weighted by molar-refractivity contribution is 0.103. The van der Waals surface area contributed by atoms with Gasteiger partial charge in [0, 0.05) is 23.6 Å². The second-order valence-electron chi connectivity index (χ2n) is 6.40. The van der Waals surface area contributed by atoms with Gasteiger partial charge in [0.05, 0.1) is 17.2 Å². The quantitative estimate of drug-likeness (QED) is 0.751. The Hall–Kier alpha value is -3.04. The van der Waals surface area contributed by atoms with Crippen molar-refractivity contribution in [2.75, 3.05) is 5.32 Å². The summed E-state index contributed by atoms with van der Waals surface area (Å²) >= 11 is 1.35. The maximum absolute atomic E-state index is 12.6. The number of nitrogens with zero attached hydrogens (tertiary/aromatic N) is 3. The van der Waals surface area contributed by atoms with Crippen LogP contribution in [0.15, 0.2) is 48.8 Å². The lowest BCUT2D eigenvalue weighted by Gasteiger charge is -2.08. The molecule has 2 heterocycles. The van der Waals surface area contributed by atoms with E-state index in [9.17, 15) is 10.1 Å². The van der Waals surface area contributed by atoms with Crippen molar-refractivity contribution in [3.63, 3.8) is 0 Å². The molecule has 1 aliphatic rings. The van der Waals surface area contributed by atoms with Crippen LogP contribution in [0, 0.1) is 18.3 Å². The fourth-order valence-electron chi connectivity index (χ4n) is 2.87. The highest BCUT2D eigenvalue weighted by Gasteiger charge is 2.44. The molecular formula is C20H16N4OS. The average Bonchev–Trinajstić information content (AvgIpc) is 3.38. The lowest BCUT2D eigenvalue weighted by Crippen LogP contribution is -2.12. The molecule has 0 spiro atoms. The van der Waals surface area contributed by atoms with E-state index in [0.29, 0.717) is 16.3 Å². The van der Waals surface area contributed by atoms with Crippen molar-refractivity contribution in [3.8, 4) is 16.6 Å². The second-order valence-corrected chi connectivity index (χ2v) is 7.40. The topological polar surface area (TPSA) is 78.7 Å². The number of hydrogen-bond acceptors (Lipinski definition) is 5. The molecule has 6 heteroatoms. The zero-order chi connectivity index (χ0) is 18.1. The van der Waals surface area contributed by atoms with Gasteiger partial charge in [0.2, 0.25) is 0 Å². The van der Waals surface area contributed by atoms with Gasteiger partial charge >= 0.3 is 0 Å². The SMILES string of the molecule is Cc1nc(-c2cccnc2)sc1C(=O)Nc1ccc(C2(C#N)CC2)cc1. The fraction of sp³-hybridized carbons (Fsp3) is 0.200.